The van der Waals surface area contributed by atoms with Gasteiger partial charge in [0.15, 0.2) is 11.8 Å². The Morgan fingerprint density at radius 2 is 1.83 bits per heavy atom. The number of anilines is 1. The Bertz CT molecular complexity index is 888. The van der Waals surface area contributed by atoms with Crippen LogP contribution in [0.15, 0.2) is 52.5 Å². The zero-order valence-corrected chi connectivity index (χ0v) is 20.7. The minimum Gasteiger partial charge on any atom is -0.356 e. The highest BCUT2D eigenvalue weighted by molar-refractivity contribution is 14.0. The Morgan fingerprint density at radius 1 is 1.17 bits per heavy atom. The fourth-order valence-electron chi connectivity index (χ4n) is 3.69. The summed E-state index contributed by atoms with van der Waals surface area (Å²) in [5.74, 6) is 1.45. The fraction of sp³-hybridized carbons (Fsp3) is 0.500. The Labute approximate surface area is 196 Å². The fourth-order valence-corrected chi connectivity index (χ4v) is 3.69. The van der Waals surface area contributed by atoms with Gasteiger partial charge in [0.2, 0.25) is 0 Å². The number of nitrogens with one attached hydrogen (secondary N) is 1. The van der Waals surface area contributed by atoms with Crippen LogP contribution in [0.25, 0.3) is 0 Å². The predicted octanol–water partition coefficient (Wildman–Crippen LogP) is 2.36. The van der Waals surface area contributed by atoms with Crippen molar-refractivity contribution in [2.45, 2.75) is 20.3 Å². The first-order chi connectivity index (χ1) is 13.9. The lowest BCUT2D eigenvalue weighted by Crippen LogP contribution is -2.54. The van der Waals surface area contributed by atoms with Gasteiger partial charge in [-0.05, 0) is 17.4 Å². The van der Waals surface area contributed by atoms with Crippen LogP contribution in [-0.4, -0.2) is 60.2 Å². The van der Waals surface area contributed by atoms with Crippen molar-refractivity contribution < 1.29 is 0 Å². The summed E-state index contributed by atoms with van der Waals surface area (Å²) in [7, 11) is 3.58. The quantitative estimate of drug-likeness (QED) is 0.370. The van der Waals surface area contributed by atoms with E-state index in [1.54, 1.807) is 24.0 Å². The normalized spacial score (nSPS) is 15.0. The van der Waals surface area contributed by atoms with E-state index in [9.17, 15) is 4.79 Å². The van der Waals surface area contributed by atoms with Crippen molar-refractivity contribution in [2.24, 2.45) is 17.5 Å². The summed E-state index contributed by atoms with van der Waals surface area (Å²) in [4.78, 5) is 25.4. The van der Waals surface area contributed by atoms with Gasteiger partial charge < -0.3 is 19.7 Å². The first kappa shape index (κ1) is 24.2. The molecule has 0 aliphatic carbocycles. The maximum atomic E-state index is 12.3. The van der Waals surface area contributed by atoms with Crippen LogP contribution in [0.2, 0.25) is 0 Å². The molecular weight excluding hydrogens is 491 g/mol. The van der Waals surface area contributed by atoms with Crippen LogP contribution in [-0.2, 0) is 13.5 Å². The van der Waals surface area contributed by atoms with Gasteiger partial charge in [0.05, 0.1) is 0 Å². The molecule has 0 spiro atoms. The van der Waals surface area contributed by atoms with Crippen molar-refractivity contribution in [1.82, 2.24) is 19.8 Å². The van der Waals surface area contributed by atoms with Crippen molar-refractivity contribution in [3.63, 3.8) is 0 Å². The second-order valence-corrected chi connectivity index (χ2v) is 8.37. The Kier molecular flexibility index (Phi) is 8.69. The number of halogens is 1. The highest BCUT2D eigenvalue weighted by Gasteiger charge is 2.24. The summed E-state index contributed by atoms with van der Waals surface area (Å²) in [6.07, 6.45) is 4.37. The molecule has 8 heteroatoms. The number of aryl methyl sites for hydroxylation is 1. The molecule has 1 saturated heterocycles. The van der Waals surface area contributed by atoms with Gasteiger partial charge in [-0.25, -0.2) is 4.98 Å². The molecule has 0 bridgehead atoms. The number of benzene rings is 1. The maximum Gasteiger partial charge on any atom is 0.293 e. The molecule has 30 heavy (non-hydrogen) atoms. The lowest BCUT2D eigenvalue weighted by atomic mass is 9.86. The third-order valence-electron chi connectivity index (χ3n) is 5.34. The van der Waals surface area contributed by atoms with Crippen molar-refractivity contribution in [3.05, 3.63) is 58.6 Å². The molecule has 1 aliphatic rings. The summed E-state index contributed by atoms with van der Waals surface area (Å²) in [5.41, 5.74) is 1.41. The molecule has 0 saturated carbocycles. The summed E-state index contributed by atoms with van der Waals surface area (Å²) in [5, 5.41) is 3.55. The van der Waals surface area contributed by atoms with Gasteiger partial charge in [-0.1, -0.05) is 44.2 Å². The average Bonchev–Trinajstić information content (AvgIpc) is 2.71. The van der Waals surface area contributed by atoms with E-state index in [-0.39, 0.29) is 35.0 Å². The summed E-state index contributed by atoms with van der Waals surface area (Å²) >= 11 is 0. The first-order valence-electron chi connectivity index (χ1n) is 10.2. The molecule has 1 aromatic carbocycles. The molecule has 0 amide bonds. The molecule has 1 aromatic heterocycles. The van der Waals surface area contributed by atoms with E-state index in [1.807, 2.05) is 7.05 Å². The van der Waals surface area contributed by atoms with Crippen LogP contribution in [0.1, 0.15) is 19.4 Å². The van der Waals surface area contributed by atoms with Gasteiger partial charge in [-0.2, -0.15) is 0 Å². The minimum atomic E-state index is -0.0499. The summed E-state index contributed by atoms with van der Waals surface area (Å²) in [6, 6.07) is 10.6. The smallest absolute Gasteiger partial charge is 0.293 e. The third kappa shape index (κ3) is 6.20. The first-order valence-corrected chi connectivity index (χ1v) is 10.2. The molecule has 0 atom stereocenters. The predicted molar refractivity (Wildman–Crippen MR) is 134 cm³/mol. The number of hydrogen-bond acceptors (Lipinski definition) is 4. The van der Waals surface area contributed by atoms with E-state index in [0.717, 1.165) is 45.1 Å². The number of hydrogen-bond donors (Lipinski definition) is 1. The van der Waals surface area contributed by atoms with E-state index in [0.29, 0.717) is 5.82 Å². The molecular formula is C22H33IN6O. The van der Waals surface area contributed by atoms with Crippen LogP contribution in [0.5, 0.6) is 0 Å². The SMILES string of the molecule is CN=C(NCC(C)(C)Cc1ccccc1)N1CCN(c2nccn(C)c2=O)CC1.I. The molecule has 0 unspecified atom stereocenters. The van der Waals surface area contributed by atoms with Gasteiger partial charge in [0.1, 0.15) is 0 Å². The van der Waals surface area contributed by atoms with Crippen LogP contribution < -0.4 is 15.8 Å². The highest BCUT2D eigenvalue weighted by Crippen LogP contribution is 2.21. The monoisotopic (exact) mass is 524 g/mol. The largest absolute Gasteiger partial charge is 0.356 e. The topological polar surface area (TPSA) is 65.8 Å². The van der Waals surface area contributed by atoms with Crippen molar-refractivity contribution in [1.29, 1.82) is 0 Å². The number of piperazine rings is 1. The molecule has 1 aliphatic heterocycles. The summed E-state index contributed by atoms with van der Waals surface area (Å²) in [6.45, 7) is 8.50. The van der Waals surface area contributed by atoms with E-state index < -0.39 is 0 Å². The molecule has 3 rings (SSSR count). The molecule has 2 aromatic rings. The van der Waals surface area contributed by atoms with E-state index in [4.69, 9.17) is 0 Å². The van der Waals surface area contributed by atoms with Gasteiger partial charge in [-0.3, -0.25) is 9.79 Å². The second-order valence-electron chi connectivity index (χ2n) is 8.37. The van der Waals surface area contributed by atoms with Crippen LogP contribution in [0.4, 0.5) is 5.82 Å². The number of guanidine groups is 1. The second kappa shape index (κ2) is 10.8. The number of nitrogens with zero attached hydrogens (tertiary/aromatic N) is 5. The number of rotatable bonds is 5. The van der Waals surface area contributed by atoms with Crippen LogP contribution in [0, 0.1) is 5.41 Å². The van der Waals surface area contributed by atoms with Gasteiger partial charge in [-0.15, -0.1) is 24.0 Å². The third-order valence-corrected chi connectivity index (χ3v) is 5.34. The van der Waals surface area contributed by atoms with E-state index >= 15 is 0 Å². The van der Waals surface area contributed by atoms with Crippen molar-refractivity contribution >= 4 is 35.8 Å². The van der Waals surface area contributed by atoms with Gasteiger partial charge >= 0.3 is 0 Å². The Balaban J connectivity index is 0.00000320. The maximum absolute atomic E-state index is 12.3. The van der Waals surface area contributed by atoms with Crippen molar-refractivity contribution in [3.8, 4) is 0 Å². The molecule has 1 fully saturated rings. The number of aromatic nitrogens is 2. The van der Waals surface area contributed by atoms with E-state index in [1.165, 1.54) is 5.56 Å². The lowest BCUT2D eigenvalue weighted by molar-refractivity contribution is 0.333. The van der Waals surface area contributed by atoms with Crippen molar-refractivity contribution in [2.75, 3.05) is 44.7 Å². The molecule has 1 N–H and O–H groups in total. The van der Waals surface area contributed by atoms with Crippen LogP contribution in [0.3, 0.4) is 0 Å². The average molecular weight is 524 g/mol. The zero-order chi connectivity index (χ0) is 20.9. The van der Waals surface area contributed by atoms with E-state index in [2.05, 4.69) is 69.3 Å². The number of aliphatic imine (C=N–C) groups is 1. The standard InChI is InChI=1S/C22H32N6O.HI/c1-22(2,16-18-8-6-5-7-9-18)17-25-21(23-3)28-14-12-27(13-15-28)19-20(29)26(4)11-10-24-19;/h5-11H,12-17H2,1-4H3,(H,23,25);1H. The molecule has 2 heterocycles. The molecule has 7 nitrogen and oxygen atoms in total. The van der Waals surface area contributed by atoms with Gasteiger partial charge in [0, 0.05) is 59.2 Å². The van der Waals surface area contributed by atoms with Gasteiger partial charge in [0.25, 0.3) is 5.56 Å². The van der Waals surface area contributed by atoms with Crippen LogP contribution >= 0.6 is 24.0 Å². The minimum absolute atomic E-state index is 0. The Hall–Kier alpha value is -2.10. The summed E-state index contributed by atoms with van der Waals surface area (Å²) < 4.78 is 1.57. The zero-order valence-electron chi connectivity index (χ0n) is 18.3. The Morgan fingerprint density at radius 3 is 2.47 bits per heavy atom. The lowest BCUT2D eigenvalue weighted by Gasteiger charge is -2.37. The molecule has 164 valence electrons. The highest BCUT2D eigenvalue weighted by atomic mass is 127. The molecule has 0 radical (unpaired) electrons.